The van der Waals surface area contributed by atoms with Crippen LogP contribution in [0.1, 0.15) is 13.8 Å². The Bertz CT molecular complexity index is 1540. The number of aromatic nitrogens is 2. The molecular formula is C26H30N4O6S. The highest BCUT2D eigenvalue weighted by Gasteiger charge is 2.28. The summed E-state index contributed by atoms with van der Waals surface area (Å²) in [6.45, 7) is 8.43. The van der Waals surface area contributed by atoms with Crippen molar-refractivity contribution < 1.29 is 27.5 Å². The first kappa shape index (κ1) is 25.4. The van der Waals surface area contributed by atoms with E-state index in [-0.39, 0.29) is 4.90 Å². The number of nitrogens with zero attached hydrogens (tertiary/aromatic N) is 3. The quantitative estimate of drug-likeness (QED) is 0.341. The minimum atomic E-state index is -4.04. The fourth-order valence-electron chi connectivity index (χ4n) is 4.51. The summed E-state index contributed by atoms with van der Waals surface area (Å²) in [5.74, 6) is -1.63. The van der Waals surface area contributed by atoms with Crippen molar-refractivity contribution in [3.8, 4) is 11.1 Å². The van der Waals surface area contributed by atoms with Gasteiger partial charge in [0.05, 0.1) is 30.9 Å². The van der Waals surface area contributed by atoms with Gasteiger partial charge in [0.1, 0.15) is 17.2 Å². The number of carboxylic acids is 1. The minimum Gasteiger partial charge on any atom is -0.480 e. The monoisotopic (exact) mass is 526 g/mol. The maximum absolute atomic E-state index is 12.9. The first-order chi connectivity index (χ1) is 17.7. The van der Waals surface area contributed by atoms with Gasteiger partial charge in [-0.25, -0.2) is 8.42 Å². The number of nitrogens with one attached hydrogen (secondary N) is 1. The van der Waals surface area contributed by atoms with Gasteiger partial charge in [-0.3, -0.25) is 14.4 Å². The van der Waals surface area contributed by atoms with Crippen molar-refractivity contribution in [3.05, 3.63) is 48.8 Å². The van der Waals surface area contributed by atoms with E-state index in [1.54, 1.807) is 19.9 Å². The van der Waals surface area contributed by atoms with Crippen LogP contribution in [0.5, 0.6) is 0 Å². The van der Waals surface area contributed by atoms with Crippen LogP contribution in [0.2, 0.25) is 0 Å². The van der Waals surface area contributed by atoms with E-state index in [2.05, 4.69) is 14.7 Å². The van der Waals surface area contributed by atoms with Crippen molar-refractivity contribution in [2.45, 2.75) is 31.3 Å². The fourth-order valence-corrected chi connectivity index (χ4v) is 5.88. The van der Waals surface area contributed by atoms with Gasteiger partial charge in [-0.2, -0.15) is 9.82 Å². The van der Waals surface area contributed by atoms with E-state index in [4.69, 9.17) is 9.15 Å². The highest BCUT2D eigenvalue weighted by Crippen LogP contribution is 2.33. The molecule has 0 saturated carbocycles. The van der Waals surface area contributed by atoms with E-state index in [0.29, 0.717) is 16.6 Å². The third-order valence-corrected chi connectivity index (χ3v) is 8.12. The number of aliphatic carboxylic acids is 1. The highest BCUT2D eigenvalue weighted by molar-refractivity contribution is 7.89. The van der Waals surface area contributed by atoms with Crippen LogP contribution in [0, 0.1) is 5.92 Å². The van der Waals surface area contributed by atoms with Gasteiger partial charge in [0.15, 0.2) is 0 Å². The van der Waals surface area contributed by atoms with Crippen LogP contribution in [-0.2, 0) is 26.1 Å². The SMILES string of the molecule is CC(C)[C@@H](NS(=O)(=O)c1ccc2oc3cc(-c4cnn(CCN5CCOCC5)c4)ccc3c2c1)C(=O)O. The molecule has 0 spiro atoms. The third-order valence-electron chi connectivity index (χ3n) is 6.68. The molecule has 1 fully saturated rings. The number of furan rings is 1. The summed E-state index contributed by atoms with van der Waals surface area (Å²) in [5.41, 5.74) is 3.08. The molecule has 5 rings (SSSR count). The number of hydrogen-bond acceptors (Lipinski definition) is 7. The lowest BCUT2D eigenvalue weighted by Gasteiger charge is -2.26. The second kappa shape index (κ2) is 10.3. The average Bonchev–Trinajstić information content (AvgIpc) is 3.50. The van der Waals surface area contributed by atoms with Crippen molar-refractivity contribution in [3.63, 3.8) is 0 Å². The van der Waals surface area contributed by atoms with Crippen molar-refractivity contribution in [2.75, 3.05) is 32.8 Å². The maximum atomic E-state index is 12.9. The number of hydrogen-bond donors (Lipinski definition) is 2. The number of sulfonamides is 1. The molecule has 2 aromatic carbocycles. The van der Waals surface area contributed by atoms with Gasteiger partial charge in [-0.15, -0.1) is 0 Å². The number of fused-ring (bicyclic) bond motifs is 3. The summed E-state index contributed by atoms with van der Waals surface area (Å²) >= 11 is 0. The normalized spacial score (nSPS) is 16.1. The lowest BCUT2D eigenvalue weighted by atomic mass is 10.1. The topological polar surface area (TPSA) is 127 Å². The molecule has 0 bridgehead atoms. The molecule has 37 heavy (non-hydrogen) atoms. The van der Waals surface area contributed by atoms with E-state index < -0.39 is 28.0 Å². The predicted molar refractivity (Wildman–Crippen MR) is 139 cm³/mol. The Balaban J connectivity index is 1.38. The zero-order valence-corrected chi connectivity index (χ0v) is 21.6. The Morgan fingerprint density at radius 1 is 1.05 bits per heavy atom. The molecule has 1 atom stereocenters. The average molecular weight is 527 g/mol. The Morgan fingerprint density at radius 2 is 1.84 bits per heavy atom. The van der Waals surface area contributed by atoms with E-state index in [9.17, 15) is 18.3 Å². The summed E-state index contributed by atoms with van der Waals surface area (Å²) in [7, 11) is -4.04. The Labute approximate surface area is 214 Å². The Kier molecular flexibility index (Phi) is 7.04. The molecular weight excluding hydrogens is 496 g/mol. The molecule has 0 unspecified atom stereocenters. The van der Waals surface area contributed by atoms with Gasteiger partial charge in [0, 0.05) is 42.2 Å². The molecule has 196 valence electrons. The van der Waals surface area contributed by atoms with Crippen LogP contribution >= 0.6 is 0 Å². The van der Waals surface area contributed by atoms with Crippen LogP contribution < -0.4 is 4.72 Å². The molecule has 0 amide bonds. The predicted octanol–water partition coefficient (Wildman–Crippen LogP) is 3.17. The summed E-state index contributed by atoms with van der Waals surface area (Å²) in [6, 6.07) is 9.10. The van der Waals surface area contributed by atoms with Gasteiger partial charge in [0.2, 0.25) is 10.0 Å². The van der Waals surface area contributed by atoms with Gasteiger partial charge >= 0.3 is 5.97 Å². The lowest BCUT2D eigenvalue weighted by molar-refractivity contribution is -0.140. The molecule has 11 heteroatoms. The van der Waals surface area contributed by atoms with Crippen molar-refractivity contribution >= 4 is 37.9 Å². The van der Waals surface area contributed by atoms with Crippen LogP contribution in [0.3, 0.4) is 0 Å². The first-order valence-electron chi connectivity index (χ1n) is 12.3. The summed E-state index contributed by atoms with van der Waals surface area (Å²) in [4.78, 5) is 13.8. The van der Waals surface area contributed by atoms with E-state index in [1.165, 1.54) is 12.1 Å². The van der Waals surface area contributed by atoms with E-state index in [1.807, 2.05) is 35.3 Å². The van der Waals surface area contributed by atoms with Gasteiger partial charge in [-0.1, -0.05) is 19.9 Å². The van der Waals surface area contributed by atoms with E-state index >= 15 is 0 Å². The van der Waals surface area contributed by atoms with Crippen molar-refractivity contribution in [2.24, 2.45) is 5.92 Å². The Morgan fingerprint density at radius 3 is 2.57 bits per heavy atom. The molecule has 0 aliphatic carbocycles. The first-order valence-corrected chi connectivity index (χ1v) is 13.7. The van der Waals surface area contributed by atoms with Crippen molar-refractivity contribution in [1.29, 1.82) is 0 Å². The summed E-state index contributed by atoms with van der Waals surface area (Å²) in [5, 5.41) is 15.3. The molecule has 2 aromatic heterocycles. The number of carboxylic acid groups (broad SMARTS) is 1. The molecule has 1 aliphatic rings. The van der Waals surface area contributed by atoms with Crippen LogP contribution in [0.4, 0.5) is 0 Å². The zero-order valence-electron chi connectivity index (χ0n) is 20.8. The number of ether oxygens (including phenoxy) is 1. The Hall–Kier alpha value is -3.25. The van der Waals surface area contributed by atoms with Crippen LogP contribution in [0.25, 0.3) is 33.1 Å². The second-order valence-electron chi connectivity index (χ2n) is 9.60. The molecule has 10 nitrogen and oxygen atoms in total. The number of carbonyl (C=O) groups is 1. The zero-order chi connectivity index (χ0) is 26.2. The fraction of sp³-hybridized carbons (Fsp3) is 0.385. The molecule has 2 N–H and O–H groups in total. The largest absolute Gasteiger partial charge is 0.480 e. The summed E-state index contributed by atoms with van der Waals surface area (Å²) < 4.78 is 41.5. The molecule has 0 radical (unpaired) electrons. The lowest BCUT2D eigenvalue weighted by Crippen LogP contribution is -2.44. The van der Waals surface area contributed by atoms with Crippen LogP contribution in [-0.4, -0.2) is 73.1 Å². The summed E-state index contributed by atoms with van der Waals surface area (Å²) in [6.07, 6.45) is 3.83. The maximum Gasteiger partial charge on any atom is 0.322 e. The molecule has 4 aromatic rings. The number of rotatable bonds is 9. The molecule has 3 heterocycles. The number of benzene rings is 2. The highest BCUT2D eigenvalue weighted by atomic mass is 32.2. The van der Waals surface area contributed by atoms with Gasteiger partial charge in [-0.05, 0) is 41.8 Å². The molecule has 1 aliphatic heterocycles. The van der Waals surface area contributed by atoms with E-state index in [0.717, 1.165) is 55.9 Å². The minimum absolute atomic E-state index is 0.0137. The number of morpholine rings is 1. The van der Waals surface area contributed by atoms with Crippen LogP contribution in [0.15, 0.2) is 58.1 Å². The molecule has 1 saturated heterocycles. The second-order valence-corrected chi connectivity index (χ2v) is 11.3. The standard InChI is InChI=1S/C26H30N4O6S/c1-17(2)25(26(31)32)28-37(33,34)20-4-6-23-22(14-20)21-5-3-18(13-24(21)36-23)19-15-27-30(16-19)8-7-29-9-11-35-12-10-29/h3-6,13-17,25,28H,7-12H2,1-2H3,(H,31,32)/t25-/m1/s1. The smallest absolute Gasteiger partial charge is 0.322 e. The van der Waals surface area contributed by atoms with Gasteiger partial charge in [0.25, 0.3) is 0 Å². The third kappa shape index (κ3) is 5.40. The van der Waals surface area contributed by atoms with Gasteiger partial charge < -0.3 is 14.3 Å². The van der Waals surface area contributed by atoms with Crippen molar-refractivity contribution in [1.82, 2.24) is 19.4 Å².